The van der Waals surface area contributed by atoms with Gasteiger partial charge in [-0.2, -0.15) is 5.10 Å². The Morgan fingerprint density at radius 1 is 1.21 bits per heavy atom. The molecule has 0 bridgehead atoms. The van der Waals surface area contributed by atoms with Gasteiger partial charge >= 0.3 is 0 Å². The smallest absolute Gasteiger partial charge is 0.227 e. The van der Waals surface area contributed by atoms with E-state index in [0.717, 1.165) is 36.1 Å². The van der Waals surface area contributed by atoms with Crippen LogP contribution >= 0.6 is 0 Å². The Hall–Kier alpha value is -3.02. The monoisotopic (exact) mass is 378 g/mol. The van der Waals surface area contributed by atoms with E-state index in [1.54, 1.807) is 29.2 Å². The highest BCUT2D eigenvalue weighted by Crippen LogP contribution is 2.36. The van der Waals surface area contributed by atoms with Crippen LogP contribution in [0.3, 0.4) is 0 Å². The van der Waals surface area contributed by atoms with Crippen molar-refractivity contribution in [2.75, 3.05) is 6.54 Å². The fourth-order valence-corrected chi connectivity index (χ4v) is 3.94. The lowest BCUT2D eigenvalue weighted by molar-refractivity contribution is -0.134. The highest BCUT2D eigenvalue weighted by molar-refractivity contribution is 5.80. The first-order valence-corrected chi connectivity index (χ1v) is 9.59. The van der Waals surface area contributed by atoms with Crippen LogP contribution in [0.2, 0.25) is 0 Å². The summed E-state index contributed by atoms with van der Waals surface area (Å²) >= 11 is 0. The average Bonchev–Trinajstić information content (AvgIpc) is 3.10. The molecule has 1 atom stereocenters. The van der Waals surface area contributed by atoms with Crippen LogP contribution in [0.4, 0.5) is 4.39 Å². The van der Waals surface area contributed by atoms with Gasteiger partial charge in [0, 0.05) is 37.7 Å². The molecule has 0 saturated carbocycles. The number of hydrogen-bond donors (Lipinski definition) is 0. The standard InChI is InChI=1S/C22H23FN4O/c1-26-15-19(17-8-10-24-11-9-17)22(25-26)20-7-2-3-12-27(20)21(28)14-16-5-4-6-18(23)13-16/h4-6,8-11,13,15,20H,2-3,7,12,14H2,1H3. The van der Waals surface area contributed by atoms with Crippen molar-refractivity contribution in [1.82, 2.24) is 19.7 Å². The minimum absolute atomic E-state index is 0.0154. The molecule has 1 aliphatic heterocycles. The number of amides is 1. The summed E-state index contributed by atoms with van der Waals surface area (Å²) in [4.78, 5) is 19.1. The van der Waals surface area contributed by atoms with Gasteiger partial charge in [0.2, 0.25) is 5.91 Å². The second-order valence-corrected chi connectivity index (χ2v) is 7.24. The van der Waals surface area contributed by atoms with E-state index in [1.807, 2.05) is 30.3 Å². The van der Waals surface area contributed by atoms with E-state index in [2.05, 4.69) is 4.98 Å². The molecule has 1 aliphatic rings. The first kappa shape index (κ1) is 18.3. The minimum atomic E-state index is -0.315. The molecule has 0 N–H and O–H groups in total. The zero-order chi connectivity index (χ0) is 19.5. The normalized spacial score (nSPS) is 16.9. The lowest BCUT2D eigenvalue weighted by Gasteiger charge is -2.35. The van der Waals surface area contributed by atoms with Gasteiger partial charge in [0.25, 0.3) is 0 Å². The van der Waals surface area contributed by atoms with Gasteiger partial charge in [-0.3, -0.25) is 14.5 Å². The van der Waals surface area contributed by atoms with Crippen LogP contribution in [0.25, 0.3) is 11.1 Å². The molecule has 1 saturated heterocycles. The van der Waals surface area contributed by atoms with Crippen LogP contribution in [-0.4, -0.2) is 32.1 Å². The molecule has 6 heteroatoms. The van der Waals surface area contributed by atoms with E-state index < -0.39 is 0 Å². The molecule has 3 heterocycles. The Labute approximate surface area is 163 Å². The quantitative estimate of drug-likeness (QED) is 0.691. The number of aromatic nitrogens is 3. The van der Waals surface area contributed by atoms with Gasteiger partial charge in [-0.25, -0.2) is 4.39 Å². The van der Waals surface area contributed by atoms with E-state index in [-0.39, 0.29) is 24.2 Å². The van der Waals surface area contributed by atoms with Gasteiger partial charge in [0.1, 0.15) is 5.82 Å². The average molecular weight is 378 g/mol. The van der Waals surface area contributed by atoms with Crippen molar-refractivity contribution >= 4 is 5.91 Å². The van der Waals surface area contributed by atoms with Crippen molar-refractivity contribution in [2.24, 2.45) is 7.05 Å². The third-order valence-electron chi connectivity index (χ3n) is 5.23. The van der Waals surface area contributed by atoms with Crippen LogP contribution in [0, 0.1) is 5.82 Å². The summed E-state index contributed by atoms with van der Waals surface area (Å²) in [5.41, 5.74) is 3.69. The summed E-state index contributed by atoms with van der Waals surface area (Å²) < 4.78 is 15.3. The van der Waals surface area contributed by atoms with Gasteiger partial charge in [-0.05, 0) is 54.7 Å². The van der Waals surface area contributed by atoms with E-state index >= 15 is 0 Å². The van der Waals surface area contributed by atoms with Crippen molar-refractivity contribution in [3.05, 3.63) is 72.1 Å². The number of piperidine rings is 1. The summed E-state index contributed by atoms with van der Waals surface area (Å²) in [6, 6.07) is 10.1. The van der Waals surface area contributed by atoms with Gasteiger partial charge in [-0.15, -0.1) is 0 Å². The number of aryl methyl sites for hydroxylation is 1. The highest BCUT2D eigenvalue weighted by Gasteiger charge is 2.31. The van der Waals surface area contributed by atoms with Gasteiger partial charge in [-0.1, -0.05) is 12.1 Å². The summed E-state index contributed by atoms with van der Waals surface area (Å²) in [7, 11) is 1.90. The zero-order valence-corrected chi connectivity index (χ0v) is 15.9. The highest BCUT2D eigenvalue weighted by atomic mass is 19.1. The second-order valence-electron chi connectivity index (χ2n) is 7.24. The number of pyridine rings is 1. The van der Waals surface area contributed by atoms with E-state index in [9.17, 15) is 9.18 Å². The summed E-state index contributed by atoms with van der Waals surface area (Å²) in [5.74, 6) is -0.299. The Morgan fingerprint density at radius 2 is 2.04 bits per heavy atom. The molecule has 0 spiro atoms. The Kier molecular flexibility index (Phi) is 5.19. The lowest BCUT2D eigenvalue weighted by Crippen LogP contribution is -2.39. The van der Waals surface area contributed by atoms with Crippen LogP contribution in [-0.2, 0) is 18.3 Å². The molecule has 1 fully saturated rings. The van der Waals surface area contributed by atoms with Crippen LogP contribution in [0.1, 0.15) is 36.6 Å². The third-order valence-corrected chi connectivity index (χ3v) is 5.23. The number of carbonyl (C=O) groups is 1. The molecule has 4 rings (SSSR count). The van der Waals surface area contributed by atoms with Crippen molar-refractivity contribution in [3.8, 4) is 11.1 Å². The molecule has 1 unspecified atom stereocenters. The number of carbonyl (C=O) groups excluding carboxylic acids is 1. The predicted octanol–water partition coefficient (Wildman–Crippen LogP) is 3.92. The molecule has 144 valence electrons. The van der Waals surface area contributed by atoms with Crippen LogP contribution in [0.15, 0.2) is 55.0 Å². The number of halogens is 1. The molecule has 0 radical (unpaired) electrons. The third kappa shape index (κ3) is 3.81. The number of hydrogen-bond acceptors (Lipinski definition) is 3. The molecule has 1 aromatic carbocycles. The van der Waals surface area contributed by atoms with Gasteiger partial charge < -0.3 is 4.90 Å². The first-order valence-electron chi connectivity index (χ1n) is 9.59. The molecule has 5 nitrogen and oxygen atoms in total. The van der Waals surface area contributed by atoms with E-state index in [0.29, 0.717) is 12.1 Å². The summed E-state index contributed by atoms with van der Waals surface area (Å²) in [5, 5.41) is 4.71. The van der Waals surface area contributed by atoms with E-state index in [4.69, 9.17) is 5.10 Å². The predicted molar refractivity (Wildman–Crippen MR) is 105 cm³/mol. The Bertz CT molecular complexity index is 970. The Balaban J connectivity index is 1.64. The fraction of sp³-hybridized carbons (Fsp3) is 0.318. The number of benzene rings is 1. The molecule has 2 aromatic heterocycles. The SMILES string of the molecule is Cn1cc(-c2ccncc2)c(C2CCCCN2C(=O)Cc2cccc(F)c2)n1. The van der Waals surface area contributed by atoms with Gasteiger partial charge in [0.15, 0.2) is 0 Å². The van der Waals surface area contributed by atoms with Crippen LogP contribution in [0.5, 0.6) is 0 Å². The zero-order valence-electron chi connectivity index (χ0n) is 15.9. The number of rotatable bonds is 4. The fourth-order valence-electron chi connectivity index (χ4n) is 3.94. The molecular formula is C22H23FN4O. The largest absolute Gasteiger partial charge is 0.334 e. The second kappa shape index (κ2) is 7.92. The molecule has 0 aliphatic carbocycles. The van der Waals surface area contributed by atoms with Gasteiger partial charge in [0.05, 0.1) is 18.2 Å². The van der Waals surface area contributed by atoms with Crippen molar-refractivity contribution in [3.63, 3.8) is 0 Å². The topological polar surface area (TPSA) is 51.0 Å². The first-order chi connectivity index (χ1) is 13.6. The molecule has 3 aromatic rings. The minimum Gasteiger partial charge on any atom is -0.334 e. The van der Waals surface area contributed by atoms with Crippen molar-refractivity contribution in [2.45, 2.75) is 31.7 Å². The van der Waals surface area contributed by atoms with E-state index in [1.165, 1.54) is 12.1 Å². The molecule has 28 heavy (non-hydrogen) atoms. The summed E-state index contributed by atoms with van der Waals surface area (Å²) in [6.45, 7) is 0.700. The summed E-state index contributed by atoms with van der Waals surface area (Å²) in [6.07, 6.45) is 8.63. The number of likely N-dealkylation sites (tertiary alicyclic amines) is 1. The maximum Gasteiger partial charge on any atom is 0.227 e. The number of nitrogens with zero attached hydrogens (tertiary/aromatic N) is 4. The maximum absolute atomic E-state index is 13.5. The van der Waals surface area contributed by atoms with Crippen LogP contribution < -0.4 is 0 Å². The maximum atomic E-state index is 13.5. The Morgan fingerprint density at radius 3 is 2.82 bits per heavy atom. The lowest BCUT2D eigenvalue weighted by atomic mass is 9.94. The van der Waals surface area contributed by atoms with Crippen molar-refractivity contribution in [1.29, 1.82) is 0 Å². The molecule has 1 amide bonds. The molecular weight excluding hydrogens is 355 g/mol. The van der Waals surface area contributed by atoms with Crippen molar-refractivity contribution < 1.29 is 9.18 Å².